The summed E-state index contributed by atoms with van der Waals surface area (Å²) in [5, 5.41) is 9.06. The predicted octanol–water partition coefficient (Wildman–Crippen LogP) is 2.50. The molecule has 0 aromatic carbocycles. The van der Waals surface area contributed by atoms with Gasteiger partial charge in [-0.25, -0.2) is 14.8 Å². The van der Waals surface area contributed by atoms with E-state index in [1.54, 1.807) is 6.92 Å². The second kappa shape index (κ2) is 5.15. The molecular formula is C14H21N3O2. The van der Waals surface area contributed by atoms with E-state index >= 15 is 0 Å². The first-order valence-corrected chi connectivity index (χ1v) is 6.83. The Kier molecular flexibility index (Phi) is 3.73. The van der Waals surface area contributed by atoms with Gasteiger partial charge in [0.05, 0.1) is 0 Å². The van der Waals surface area contributed by atoms with Crippen LogP contribution in [-0.4, -0.2) is 34.1 Å². The molecule has 0 spiro atoms. The van der Waals surface area contributed by atoms with Crippen molar-refractivity contribution in [2.24, 2.45) is 5.41 Å². The zero-order chi connectivity index (χ0) is 14.0. The number of rotatable bonds is 4. The van der Waals surface area contributed by atoms with E-state index in [1.165, 1.54) is 6.07 Å². The number of carboxylic acids is 1. The molecule has 1 N–H and O–H groups in total. The average molecular weight is 263 g/mol. The molecule has 104 valence electrons. The standard InChI is InChI=1S/C14H21N3O2/c1-4-14(5-2)6-7-17(9-14)13-15-10(3)8-11(16-13)12(18)19/h8H,4-7,9H2,1-3H3,(H,18,19). The van der Waals surface area contributed by atoms with E-state index in [9.17, 15) is 4.79 Å². The van der Waals surface area contributed by atoms with Crippen molar-refractivity contribution in [2.75, 3.05) is 18.0 Å². The Bertz CT molecular complexity index is 484. The van der Waals surface area contributed by atoms with Gasteiger partial charge in [-0.1, -0.05) is 13.8 Å². The summed E-state index contributed by atoms with van der Waals surface area (Å²) < 4.78 is 0. The first-order valence-electron chi connectivity index (χ1n) is 6.83. The molecular weight excluding hydrogens is 242 g/mol. The lowest BCUT2D eigenvalue weighted by atomic mass is 9.82. The van der Waals surface area contributed by atoms with Gasteiger partial charge in [-0.2, -0.15) is 0 Å². The second-order valence-corrected chi connectivity index (χ2v) is 5.38. The summed E-state index contributed by atoms with van der Waals surface area (Å²) in [5.41, 5.74) is 1.11. The normalized spacial score (nSPS) is 17.7. The highest BCUT2D eigenvalue weighted by Crippen LogP contribution is 2.38. The lowest BCUT2D eigenvalue weighted by Crippen LogP contribution is -2.28. The van der Waals surface area contributed by atoms with Gasteiger partial charge >= 0.3 is 5.97 Å². The molecule has 0 amide bonds. The van der Waals surface area contributed by atoms with E-state index in [0.717, 1.165) is 32.4 Å². The smallest absolute Gasteiger partial charge is 0.354 e. The van der Waals surface area contributed by atoms with Crippen LogP contribution in [0.2, 0.25) is 0 Å². The third-order valence-corrected chi connectivity index (χ3v) is 4.28. The topological polar surface area (TPSA) is 66.3 Å². The number of nitrogens with zero attached hydrogens (tertiary/aromatic N) is 3. The maximum atomic E-state index is 11.1. The van der Waals surface area contributed by atoms with E-state index in [1.807, 2.05) is 0 Å². The minimum Gasteiger partial charge on any atom is -0.477 e. The van der Waals surface area contributed by atoms with Crippen LogP contribution in [0.15, 0.2) is 6.07 Å². The Labute approximate surface area is 113 Å². The highest BCUT2D eigenvalue weighted by Gasteiger charge is 2.36. The van der Waals surface area contributed by atoms with Gasteiger partial charge in [0.2, 0.25) is 5.95 Å². The summed E-state index contributed by atoms with van der Waals surface area (Å²) in [4.78, 5) is 21.7. The molecule has 1 aliphatic rings. The van der Waals surface area contributed by atoms with Crippen molar-refractivity contribution in [3.8, 4) is 0 Å². The molecule has 0 radical (unpaired) electrons. The number of hydrogen-bond donors (Lipinski definition) is 1. The van der Waals surface area contributed by atoms with Crippen molar-refractivity contribution >= 4 is 11.9 Å². The summed E-state index contributed by atoms with van der Waals surface area (Å²) in [6.07, 6.45) is 3.40. The minimum atomic E-state index is -0.997. The van der Waals surface area contributed by atoms with Crippen molar-refractivity contribution in [1.82, 2.24) is 9.97 Å². The molecule has 1 aromatic heterocycles. The lowest BCUT2D eigenvalue weighted by Gasteiger charge is -2.26. The molecule has 1 aromatic rings. The second-order valence-electron chi connectivity index (χ2n) is 5.38. The van der Waals surface area contributed by atoms with E-state index in [-0.39, 0.29) is 5.69 Å². The molecule has 0 atom stereocenters. The Morgan fingerprint density at radius 1 is 1.42 bits per heavy atom. The zero-order valence-electron chi connectivity index (χ0n) is 11.8. The van der Waals surface area contributed by atoms with Crippen LogP contribution in [0.4, 0.5) is 5.95 Å². The molecule has 2 heterocycles. The predicted molar refractivity (Wildman–Crippen MR) is 73.6 cm³/mol. The molecule has 1 aliphatic heterocycles. The molecule has 0 bridgehead atoms. The number of carboxylic acid groups (broad SMARTS) is 1. The molecule has 5 nitrogen and oxygen atoms in total. The van der Waals surface area contributed by atoms with Gasteiger partial charge in [-0.05, 0) is 37.7 Å². The SMILES string of the molecule is CCC1(CC)CCN(c2nc(C)cc(C(=O)O)n2)C1. The van der Waals surface area contributed by atoms with Gasteiger partial charge < -0.3 is 10.0 Å². The van der Waals surface area contributed by atoms with E-state index in [2.05, 4.69) is 28.7 Å². The third-order valence-electron chi connectivity index (χ3n) is 4.28. The van der Waals surface area contributed by atoms with Crippen LogP contribution >= 0.6 is 0 Å². The number of aryl methyl sites for hydroxylation is 1. The number of aromatic carboxylic acids is 1. The summed E-state index contributed by atoms with van der Waals surface area (Å²) in [7, 11) is 0. The first kappa shape index (κ1) is 13.8. The molecule has 0 saturated carbocycles. The Hall–Kier alpha value is -1.65. The highest BCUT2D eigenvalue weighted by molar-refractivity contribution is 5.85. The van der Waals surface area contributed by atoms with Gasteiger partial charge in [0.15, 0.2) is 5.69 Å². The summed E-state index contributed by atoms with van der Waals surface area (Å²) >= 11 is 0. The van der Waals surface area contributed by atoms with Crippen LogP contribution in [0.1, 0.15) is 49.3 Å². The van der Waals surface area contributed by atoms with Crippen molar-refractivity contribution in [1.29, 1.82) is 0 Å². The number of aromatic nitrogens is 2. The van der Waals surface area contributed by atoms with Gasteiger partial charge in [0.1, 0.15) is 0 Å². The van der Waals surface area contributed by atoms with E-state index < -0.39 is 5.97 Å². The molecule has 5 heteroatoms. The first-order chi connectivity index (χ1) is 8.99. The van der Waals surface area contributed by atoms with Crippen LogP contribution in [0.3, 0.4) is 0 Å². The molecule has 0 aliphatic carbocycles. The number of hydrogen-bond acceptors (Lipinski definition) is 4. The molecule has 2 rings (SSSR count). The summed E-state index contributed by atoms with van der Waals surface area (Å²) in [5.74, 6) is -0.440. The highest BCUT2D eigenvalue weighted by atomic mass is 16.4. The maximum Gasteiger partial charge on any atom is 0.354 e. The fourth-order valence-corrected chi connectivity index (χ4v) is 2.74. The fourth-order valence-electron chi connectivity index (χ4n) is 2.74. The average Bonchev–Trinajstić information content (AvgIpc) is 2.83. The van der Waals surface area contributed by atoms with Gasteiger partial charge in [0, 0.05) is 18.8 Å². The monoisotopic (exact) mass is 263 g/mol. The molecule has 0 unspecified atom stereocenters. The van der Waals surface area contributed by atoms with Crippen LogP contribution in [0.25, 0.3) is 0 Å². The summed E-state index contributed by atoms with van der Waals surface area (Å²) in [6.45, 7) is 8.06. The number of anilines is 1. The van der Waals surface area contributed by atoms with Crippen LogP contribution in [0, 0.1) is 12.3 Å². The van der Waals surface area contributed by atoms with E-state index in [0.29, 0.717) is 17.1 Å². The van der Waals surface area contributed by atoms with Crippen molar-refractivity contribution in [3.63, 3.8) is 0 Å². The minimum absolute atomic E-state index is 0.0768. The van der Waals surface area contributed by atoms with Gasteiger partial charge in [-0.15, -0.1) is 0 Å². The third kappa shape index (κ3) is 2.69. The van der Waals surface area contributed by atoms with Gasteiger partial charge in [-0.3, -0.25) is 0 Å². The zero-order valence-corrected chi connectivity index (χ0v) is 11.8. The fraction of sp³-hybridized carbons (Fsp3) is 0.643. The van der Waals surface area contributed by atoms with Crippen LogP contribution in [0.5, 0.6) is 0 Å². The van der Waals surface area contributed by atoms with Gasteiger partial charge in [0.25, 0.3) is 0 Å². The van der Waals surface area contributed by atoms with Crippen LogP contribution < -0.4 is 4.90 Å². The van der Waals surface area contributed by atoms with Crippen molar-refractivity contribution in [2.45, 2.75) is 40.0 Å². The molecule has 1 saturated heterocycles. The lowest BCUT2D eigenvalue weighted by molar-refractivity contribution is 0.0690. The van der Waals surface area contributed by atoms with E-state index in [4.69, 9.17) is 5.11 Å². The Morgan fingerprint density at radius 2 is 2.11 bits per heavy atom. The summed E-state index contributed by atoms with van der Waals surface area (Å²) in [6, 6.07) is 1.51. The van der Waals surface area contributed by atoms with Crippen molar-refractivity contribution in [3.05, 3.63) is 17.5 Å². The quantitative estimate of drug-likeness (QED) is 0.904. The maximum absolute atomic E-state index is 11.1. The largest absolute Gasteiger partial charge is 0.477 e. The molecule has 1 fully saturated rings. The van der Waals surface area contributed by atoms with Crippen LogP contribution in [-0.2, 0) is 0 Å². The Balaban J connectivity index is 2.26. The van der Waals surface area contributed by atoms with Crippen molar-refractivity contribution < 1.29 is 9.90 Å². The number of carbonyl (C=O) groups is 1. The Morgan fingerprint density at radius 3 is 2.63 bits per heavy atom. The molecule has 19 heavy (non-hydrogen) atoms.